The Morgan fingerprint density at radius 2 is 2.00 bits per heavy atom. The van der Waals surface area contributed by atoms with Gasteiger partial charge in [0.25, 0.3) is 0 Å². The summed E-state index contributed by atoms with van der Waals surface area (Å²) < 4.78 is 0. The number of fused-ring (bicyclic) bond motifs is 1. The van der Waals surface area contributed by atoms with Gasteiger partial charge in [0.2, 0.25) is 0 Å². The quantitative estimate of drug-likeness (QED) is 0.585. The topological polar surface area (TPSA) is 20.2 Å². The fraction of sp³-hybridized carbons (Fsp3) is 0.692. The first-order valence-electron chi connectivity index (χ1n) is 5.46. The second kappa shape index (κ2) is 2.73. The van der Waals surface area contributed by atoms with Gasteiger partial charge in [-0.1, -0.05) is 51.5 Å². The fourth-order valence-corrected chi connectivity index (χ4v) is 3.00. The van der Waals surface area contributed by atoms with E-state index < -0.39 is 0 Å². The molecule has 0 radical (unpaired) electrons. The molecular formula is C13H20O. The highest BCUT2D eigenvalue weighted by Crippen LogP contribution is 2.55. The number of hydrogen-bond donors (Lipinski definition) is 1. The normalized spacial score (nSPS) is 44.8. The van der Waals surface area contributed by atoms with Gasteiger partial charge >= 0.3 is 0 Å². The van der Waals surface area contributed by atoms with Gasteiger partial charge in [0, 0.05) is 5.41 Å². The lowest BCUT2D eigenvalue weighted by Crippen LogP contribution is -2.34. The first kappa shape index (κ1) is 9.97. The molecule has 0 fully saturated rings. The predicted molar refractivity (Wildman–Crippen MR) is 58.9 cm³/mol. The van der Waals surface area contributed by atoms with Gasteiger partial charge in [-0.05, 0) is 17.8 Å². The fourth-order valence-electron chi connectivity index (χ4n) is 3.00. The van der Waals surface area contributed by atoms with Crippen LogP contribution in [0.4, 0.5) is 0 Å². The third-order valence-corrected chi connectivity index (χ3v) is 4.20. The van der Waals surface area contributed by atoms with Gasteiger partial charge in [-0.3, -0.25) is 0 Å². The average molecular weight is 192 g/mol. The minimum Gasteiger partial charge on any atom is -0.389 e. The molecule has 1 nitrogen and oxygen atoms in total. The van der Waals surface area contributed by atoms with E-state index in [2.05, 4.69) is 45.9 Å². The lowest BCUT2D eigenvalue weighted by molar-refractivity contribution is 0.126. The summed E-state index contributed by atoms with van der Waals surface area (Å²) >= 11 is 0. The standard InChI is InChI=1S/C13H20O/c1-9-10(14)8-11-12(2,3)6-5-7-13(9,11)4/h5,7-10,14H,6H2,1-4H3/t9-,10-,13+/m1/s1. The molecule has 0 aliphatic heterocycles. The van der Waals surface area contributed by atoms with E-state index in [-0.39, 0.29) is 16.9 Å². The largest absolute Gasteiger partial charge is 0.389 e. The molecule has 0 aromatic rings. The van der Waals surface area contributed by atoms with Crippen LogP contribution in [0.5, 0.6) is 0 Å². The molecule has 1 N–H and O–H groups in total. The number of rotatable bonds is 0. The van der Waals surface area contributed by atoms with E-state index in [1.54, 1.807) is 0 Å². The molecule has 0 bridgehead atoms. The zero-order valence-corrected chi connectivity index (χ0v) is 9.54. The van der Waals surface area contributed by atoms with Crippen LogP contribution in [0.1, 0.15) is 34.1 Å². The molecule has 2 aliphatic rings. The highest BCUT2D eigenvalue weighted by molar-refractivity contribution is 5.38. The van der Waals surface area contributed by atoms with Crippen molar-refractivity contribution in [1.29, 1.82) is 0 Å². The Labute approximate surface area is 86.5 Å². The molecule has 0 aromatic heterocycles. The van der Waals surface area contributed by atoms with Crippen LogP contribution in [0.25, 0.3) is 0 Å². The van der Waals surface area contributed by atoms with Crippen LogP contribution in [0.15, 0.2) is 23.8 Å². The van der Waals surface area contributed by atoms with Crippen molar-refractivity contribution in [3.63, 3.8) is 0 Å². The highest BCUT2D eigenvalue weighted by atomic mass is 16.3. The van der Waals surface area contributed by atoms with Crippen LogP contribution in [-0.4, -0.2) is 11.2 Å². The van der Waals surface area contributed by atoms with E-state index >= 15 is 0 Å². The van der Waals surface area contributed by atoms with E-state index in [1.807, 2.05) is 0 Å². The summed E-state index contributed by atoms with van der Waals surface area (Å²) in [4.78, 5) is 0. The van der Waals surface area contributed by atoms with Gasteiger partial charge in [-0.25, -0.2) is 0 Å². The maximum Gasteiger partial charge on any atom is 0.0760 e. The SMILES string of the molecule is C[C@@H]1[C@H](O)C=C2C(C)(C)CC=C[C@]21C. The third-order valence-electron chi connectivity index (χ3n) is 4.20. The first-order chi connectivity index (χ1) is 6.38. The van der Waals surface area contributed by atoms with Gasteiger partial charge in [-0.2, -0.15) is 0 Å². The molecule has 78 valence electrons. The second-order valence-corrected chi connectivity index (χ2v) is 5.63. The smallest absolute Gasteiger partial charge is 0.0760 e. The Morgan fingerprint density at radius 1 is 1.36 bits per heavy atom. The number of hydrogen-bond acceptors (Lipinski definition) is 1. The van der Waals surface area contributed by atoms with E-state index in [4.69, 9.17) is 0 Å². The minimum absolute atomic E-state index is 0.0845. The van der Waals surface area contributed by atoms with Crippen LogP contribution < -0.4 is 0 Å². The van der Waals surface area contributed by atoms with Crippen molar-refractivity contribution in [2.24, 2.45) is 16.7 Å². The summed E-state index contributed by atoms with van der Waals surface area (Å²) in [6.45, 7) is 8.92. The maximum atomic E-state index is 9.92. The van der Waals surface area contributed by atoms with Crippen LogP contribution in [0.2, 0.25) is 0 Å². The van der Waals surface area contributed by atoms with Crippen LogP contribution >= 0.6 is 0 Å². The summed E-state index contributed by atoms with van der Waals surface area (Å²) in [5.41, 5.74) is 1.73. The molecule has 0 spiro atoms. The van der Waals surface area contributed by atoms with Crippen LogP contribution in [0.3, 0.4) is 0 Å². The summed E-state index contributed by atoms with van der Waals surface area (Å²) in [5.74, 6) is 0.313. The van der Waals surface area contributed by atoms with Crippen molar-refractivity contribution in [2.45, 2.75) is 40.2 Å². The maximum absolute atomic E-state index is 9.92. The van der Waals surface area contributed by atoms with Crippen molar-refractivity contribution in [1.82, 2.24) is 0 Å². The van der Waals surface area contributed by atoms with Gasteiger partial charge in [0.1, 0.15) is 0 Å². The van der Waals surface area contributed by atoms with Crippen molar-refractivity contribution in [2.75, 3.05) is 0 Å². The molecule has 0 saturated carbocycles. The summed E-state index contributed by atoms with van der Waals surface area (Å²) in [6, 6.07) is 0. The molecule has 1 heteroatoms. The molecule has 0 saturated heterocycles. The van der Waals surface area contributed by atoms with E-state index in [1.165, 1.54) is 5.57 Å². The van der Waals surface area contributed by atoms with Crippen molar-refractivity contribution in [3.05, 3.63) is 23.8 Å². The highest BCUT2D eigenvalue weighted by Gasteiger charge is 2.48. The number of allylic oxidation sites excluding steroid dienone is 3. The van der Waals surface area contributed by atoms with Crippen LogP contribution in [-0.2, 0) is 0 Å². The molecular weight excluding hydrogens is 172 g/mol. The first-order valence-corrected chi connectivity index (χ1v) is 5.46. The monoisotopic (exact) mass is 192 g/mol. The van der Waals surface area contributed by atoms with Crippen molar-refractivity contribution in [3.8, 4) is 0 Å². The molecule has 2 aliphatic carbocycles. The lowest BCUT2D eigenvalue weighted by Gasteiger charge is -2.42. The Kier molecular flexibility index (Phi) is 1.94. The van der Waals surface area contributed by atoms with E-state index in [0.29, 0.717) is 5.92 Å². The minimum atomic E-state index is -0.267. The molecule has 0 unspecified atom stereocenters. The van der Waals surface area contributed by atoms with E-state index in [0.717, 1.165) is 6.42 Å². The Morgan fingerprint density at radius 3 is 2.57 bits per heavy atom. The summed E-state index contributed by atoms with van der Waals surface area (Å²) in [7, 11) is 0. The van der Waals surface area contributed by atoms with Crippen molar-refractivity contribution >= 4 is 0 Å². The third kappa shape index (κ3) is 1.12. The number of aliphatic hydroxyl groups excluding tert-OH is 1. The Hall–Kier alpha value is -0.560. The summed E-state index contributed by atoms with van der Waals surface area (Å²) in [6.07, 6.45) is 7.45. The molecule has 3 atom stereocenters. The molecule has 0 heterocycles. The molecule has 2 rings (SSSR count). The second-order valence-electron chi connectivity index (χ2n) is 5.63. The lowest BCUT2D eigenvalue weighted by atomic mass is 9.62. The zero-order valence-electron chi connectivity index (χ0n) is 9.54. The molecule has 0 aromatic carbocycles. The van der Waals surface area contributed by atoms with Gasteiger partial charge < -0.3 is 5.11 Å². The predicted octanol–water partition coefficient (Wildman–Crippen LogP) is 2.92. The Balaban J connectivity index is 2.51. The number of aliphatic hydroxyl groups is 1. The van der Waals surface area contributed by atoms with Crippen LogP contribution in [0, 0.1) is 16.7 Å². The zero-order chi connectivity index (χ0) is 10.6. The Bertz CT molecular complexity index is 311. The molecule has 14 heavy (non-hydrogen) atoms. The van der Waals surface area contributed by atoms with Gasteiger partial charge in [0.05, 0.1) is 6.10 Å². The van der Waals surface area contributed by atoms with Gasteiger partial charge in [0.15, 0.2) is 0 Å². The summed E-state index contributed by atoms with van der Waals surface area (Å²) in [5, 5.41) is 9.92. The van der Waals surface area contributed by atoms with E-state index in [9.17, 15) is 5.11 Å². The average Bonchev–Trinajstić information content (AvgIpc) is 2.30. The van der Waals surface area contributed by atoms with Gasteiger partial charge in [-0.15, -0.1) is 0 Å². The van der Waals surface area contributed by atoms with Crippen molar-refractivity contribution < 1.29 is 5.11 Å². The molecule has 0 amide bonds.